The Kier molecular flexibility index (Phi) is 4.85. The number of hydrogen-bond donors (Lipinski definition) is 1. The lowest BCUT2D eigenvalue weighted by Crippen LogP contribution is -2.17. The van der Waals surface area contributed by atoms with Gasteiger partial charge >= 0.3 is 12.1 Å². The van der Waals surface area contributed by atoms with E-state index in [1.54, 1.807) is 19.2 Å². The Balaban J connectivity index is 1.80. The third-order valence-corrected chi connectivity index (χ3v) is 4.82. The summed E-state index contributed by atoms with van der Waals surface area (Å²) in [7, 11) is 1.60. The van der Waals surface area contributed by atoms with Crippen LogP contribution in [0.15, 0.2) is 44.4 Å². The second-order valence-corrected chi connectivity index (χ2v) is 6.66. The topological polar surface area (TPSA) is 56.4 Å². The van der Waals surface area contributed by atoms with Crippen molar-refractivity contribution >= 4 is 40.3 Å². The molecule has 0 fully saturated rings. The molecular formula is C16H12ClF3N2O3S. The van der Waals surface area contributed by atoms with Gasteiger partial charge in [-0.15, -0.1) is 13.2 Å². The molecule has 0 amide bonds. The third kappa shape index (κ3) is 3.94. The van der Waals surface area contributed by atoms with Crippen molar-refractivity contribution in [2.24, 2.45) is 7.05 Å². The summed E-state index contributed by atoms with van der Waals surface area (Å²) in [5.74, 6) is -0.928. The fourth-order valence-electron chi connectivity index (χ4n) is 2.25. The van der Waals surface area contributed by atoms with Crippen molar-refractivity contribution in [3.05, 3.63) is 51.5 Å². The minimum absolute atomic E-state index is 0.169. The molecule has 0 spiro atoms. The molecule has 10 heteroatoms. The van der Waals surface area contributed by atoms with Crippen LogP contribution in [0.2, 0.25) is 5.02 Å². The predicted octanol–water partition coefficient (Wildman–Crippen LogP) is 5.11. The minimum atomic E-state index is -4.81. The Morgan fingerprint density at radius 3 is 2.65 bits per heavy atom. The minimum Gasteiger partial charge on any atom is -0.408 e. The van der Waals surface area contributed by atoms with E-state index in [-0.39, 0.29) is 5.02 Å². The van der Waals surface area contributed by atoms with Crippen molar-refractivity contribution < 1.29 is 22.3 Å². The molecule has 3 aromatic rings. The summed E-state index contributed by atoms with van der Waals surface area (Å²) in [5.41, 5.74) is 2.48. The number of alkyl halides is 3. The normalized spacial score (nSPS) is 11.8. The maximum atomic E-state index is 12.3. The largest absolute Gasteiger partial charge is 0.573 e. The first kappa shape index (κ1) is 18.5. The zero-order chi connectivity index (χ0) is 19.1. The molecule has 2 aromatic carbocycles. The van der Waals surface area contributed by atoms with E-state index in [1.165, 1.54) is 28.6 Å². The first-order valence-corrected chi connectivity index (χ1v) is 8.42. The van der Waals surface area contributed by atoms with Crippen molar-refractivity contribution in [3.63, 3.8) is 0 Å². The molecule has 3 rings (SSSR count). The summed E-state index contributed by atoms with van der Waals surface area (Å²) >= 11 is 7.06. The molecule has 0 aliphatic rings. The number of rotatable bonds is 4. The lowest BCUT2D eigenvalue weighted by Gasteiger charge is -2.12. The Morgan fingerprint density at radius 2 is 2.00 bits per heavy atom. The van der Waals surface area contributed by atoms with Crippen molar-refractivity contribution in [1.82, 2.24) is 4.57 Å². The van der Waals surface area contributed by atoms with E-state index in [0.717, 1.165) is 16.5 Å². The Hall–Kier alpha value is -2.26. The number of nitrogens with one attached hydrogen (secondary N) is 1. The van der Waals surface area contributed by atoms with E-state index in [2.05, 4.69) is 9.46 Å². The van der Waals surface area contributed by atoms with Crippen LogP contribution < -0.4 is 15.2 Å². The van der Waals surface area contributed by atoms with Gasteiger partial charge in [0.25, 0.3) is 0 Å². The lowest BCUT2D eigenvalue weighted by atomic mass is 10.2. The summed E-state index contributed by atoms with van der Waals surface area (Å²) in [6.45, 7) is 1.85. The molecule has 5 nitrogen and oxygen atoms in total. The maximum Gasteiger partial charge on any atom is 0.573 e. The smallest absolute Gasteiger partial charge is 0.408 e. The highest BCUT2D eigenvalue weighted by Crippen LogP contribution is 2.34. The van der Waals surface area contributed by atoms with E-state index in [0.29, 0.717) is 16.8 Å². The highest BCUT2D eigenvalue weighted by molar-refractivity contribution is 8.00. The van der Waals surface area contributed by atoms with Crippen LogP contribution in [-0.2, 0) is 7.05 Å². The maximum absolute atomic E-state index is 12.3. The molecule has 0 unspecified atom stereocenters. The fraction of sp³-hybridized carbons (Fsp3) is 0.188. The highest BCUT2D eigenvalue weighted by atomic mass is 35.5. The SMILES string of the molecule is Cc1cc2oc(=O)n(C)c2cc1SNc1ccc(OC(F)(F)F)c(Cl)c1. The molecule has 0 aliphatic carbocycles. The van der Waals surface area contributed by atoms with Crippen molar-refractivity contribution in [3.8, 4) is 5.75 Å². The summed E-state index contributed by atoms with van der Waals surface area (Å²) in [6.07, 6.45) is -4.81. The van der Waals surface area contributed by atoms with E-state index in [9.17, 15) is 18.0 Å². The van der Waals surface area contributed by atoms with Crippen LogP contribution in [0.5, 0.6) is 5.75 Å². The van der Waals surface area contributed by atoms with Crippen LogP contribution in [0.1, 0.15) is 5.56 Å². The van der Waals surface area contributed by atoms with Crippen molar-refractivity contribution in [1.29, 1.82) is 0 Å². The molecule has 0 saturated carbocycles. The van der Waals surface area contributed by atoms with Crippen molar-refractivity contribution in [2.75, 3.05) is 4.72 Å². The quantitative estimate of drug-likeness (QED) is 0.612. The lowest BCUT2D eigenvalue weighted by molar-refractivity contribution is -0.274. The zero-order valence-corrected chi connectivity index (χ0v) is 15.1. The third-order valence-electron chi connectivity index (χ3n) is 3.53. The van der Waals surface area contributed by atoms with Crippen LogP contribution >= 0.6 is 23.5 Å². The first-order chi connectivity index (χ1) is 12.1. The standard InChI is InChI=1S/C16H12ClF3N2O3S/c1-8-5-13-11(22(2)15(23)24-13)7-14(8)26-21-9-3-4-12(10(17)6-9)25-16(18,19)20/h3-7,21H,1-2H3. The molecule has 1 N–H and O–H groups in total. The Bertz CT molecular complexity index is 1030. The zero-order valence-electron chi connectivity index (χ0n) is 13.5. The van der Waals surface area contributed by atoms with Gasteiger partial charge in [-0.1, -0.05) is 11.6 Å². The molecule has 26 heavy (non-hydrogen) atoms. The van der Waals surface area contributed by atoms with Gasteiger partial charge in [0.15, 0.2) is 5.58 Å². The van der Waals surface area contributed by atoms with Gasteiger partial charge in [0.1, 0.15) is 5.75 Å². The van der Waals surface area contributed by atoms with E-state index >= 15 is 0 Å². The number of nitrogens with zero attached hydrogens (tertiary/aromatic N) is 1. The molecular weight excluding hydrogens is 393 g/mol. The van der Waals surface area contributed by atoms with E-state index < -0.39 is 17.9 Å². The van der Waals surface area contributed by atoms with Gasteiger partial charge in [-0.05, 0) is 54.8 Å². The average molecular weight is 405 g/mol. The van der Waals surface area contributed by atoms with Gasteiger partial charge in [-0.3, -0.25) is 4.57 Å². The fourth-order valence-corrected chi connectivity index (χ4v) is 3.22. The van der Waals surface area contributed by atoms with Crippen LogP contribution in [0.4, 0.5) is 18.9 Å². The average Bonchev–Trinajstić information content (AvgIpc) is 2.80. The van der Waals surface area contributed by atoms with Gasteiger partial charge < -0.3 is 13.9 Å². The molecule has 138 valence electrons. The van der Waals surface area contributed by atoms with Gasteiger partial charge in [-0.2, -0.15) is 0 Å². The Morgan fingerprint density at radius 1 is 1.27 bits per heavy atom. The van der Waals surface area contributed by atoms with Gasteiger partial charge in [0, 0.05) is 17.6 Å². The number of halogens is 4. The summed E-state index contributed by atoms with van der Waals surface area (Å²) in [4.78, 5) is 12.4. The number of aryl methyl sites for hydroxylation is 2. The van der Waals surface area contributed by atoms with E-state index in [1.807, 2.05) is 6.92 Å². The van der Waals surface area contributed by atoms with Crippen molar-refractivity contribution in [2.45, 2.75) is 18.2 Å². The number of oxazole rings is 1. The number of ether oxygens (including phenoxy) is 1. The predicted molar refractivity (Wildman–Crippen MR) is 93.8 cm³/mol. The highest BCUT2D eigenvalue weighted by Gasteiger charge is 2.32. The van der Waals surface area contributed by atoms with E-state index in [4.69, 9.17) is 16.0 Å². The van der Waals surface area contributed by atoms with Gasteiger partial charge in [0.2, 0.25) is 0 Å². The monoisotopic (exact) mass is 404 g/mol. The second-order valence-electron chi connectivity index (χ2n) is 5.41. The number of anilines is 1. The summed E-state index contributed by atoms with van der Waals surface area (Å²) in [5, 5.41) is -0.169. The molecule has 1 aromatic heterocycles. The molecule has 0 saturated heterocycles. The second kappa shape index (κ2) is 6.81. The number of aromatic nitrogens is 1. The first-order valence-electron chi connectivity index (χ1n) is 7.22. The molecule has 1 heterocycles. The number of hydrogen-bond acceptors (Lipinski definition) is 5. The number of benzene rings is 2. The molecule has 0 radical (unpaired) electrons. The van der Waals surface area contributed by atoms with Gasteiger partial charge in [-0.25, -0.2) is 4.79 Å². The molecule has 0 atom stereocenters. The van der Waals surface area contributed by atoms with Crippen LogP contribution in [0.3, 0.4) is 0 Å². The van der Waals surface area contributed by atoms with Crippen LogP contribution in [-0.4, -0.2) is 10.9 Å². The van der Waals surface area contributed by atoms with Crippen LogP contribution in [0, 0.1) is 6.92 Å². The summed E-state index contributed by atoms with van der Waals surface area (Å²) < 4.78 is 50.1. The molecule has 0 bridgehead atoms. The van der Waals surface area contributed by atoms with Crippen LogP contribution in [0.25, 0.3) is 11.1 Å². The number of fused-ring (bicyclic) bond motifs is 1. The molecule has 0 aliphatic heterocycles. The Labute approximate surface area is 154 Å². The van der Waals surface area contributed by atoms with Gasteiger partial charge in [0.05, 0.1) is 10.5 Å². The summed E-state index contributed by atoms with van der Waals surface area (Å²) in [6, 6.07) is 7.41.